The number of thioether (sulfide) groups is 1. The van der Waals surface area contributed by atoms with Crippen molar-refractivity contribution >= 4 is 44.7 Å². The Kier molecular flexibility index (Phi) is 4.30. The van der Waals surface area contributed by atoms with Gasteiger partial charge in [0.2, 0.25) is 0 Å². The van der Waals surface area contributed by atoms with Crippen LogP contribution in [-0.2, 0) is 15.5 Å². The van der Waals surface area contributed by atoms with Crippen LogP contribution in [0, 0.1) is 0 Å². The fourth-order valence-electron chi connectivity index (χ4n) is 1.16. The van der Waals surface area contributed by atoms with Crippen molar-refractivity contribution in [2.24, 2.45) is 0 Å². The Morgan fingerprint density at radius 2 is 2.35 bits per heavy atom. The highest BCUT2D eigenvalue weighted by atomic mass is 32.2. The molecule has 0 aliphatic carbocycles. The van der Waals surface area contributed by atoms with Crippen molar-refractivity contribution in [1.82, 2.24) is 4.98 Å². The van der Waals surface area contributed by atoms with Gasteiger partial charge in [-0.2, -0.15) is 4.21 Å². The molecule has 17 heavy (non-hydrogen) atoms. The van der Waals surface area contributed by atoms with E-state index in [1.54, 1.807) is 11.3 Å². The average Bonchev–Trinajstić information content (AvgIpc) is 2.68. The zero-order valence-corrected chi connectivity index (χ0v) is 11.1. The first-order chi connectivity index (χ1) is 8.15. The van der Waals surface area contributed by atoms with E-state index in [0.29, 0.717) is 4.91 Å². The van der Waals surface area contributed by atoms with Gasteiger partial charge in [0.25, 0.3) is 0 Å². The monoisotopic (exact) mass is 287 g/mol. The van der Waals surface area contributed by atoms with Crippen molar-refractivity contribution in [3.8, 4) is 0 Å². The summed E-state index contributed by atoms with van der Waals surface area (Å²) in [6.07, 6.45) is 0. The summed E-state index contributed by atoms with van der Waals surface area (Å²) < 4.78 is 25.3. The van der Waals surface area contributed by atoms with E-state index in [2.05, 4.69) is 15.7 Å². The largest absolute Gasteiger partial charge is 0.302 e. The standard InChI is InChI=1S/C10H9NO3S3/c1-7(6-14-17(12)13)15-10-11-8-4-2-3-5-9(8)16-10/h2-5H,1,6H2,(H,12,13). The maximum Gasteiger partial charge on any atom is 0.302 e. The number of hydrogen-bond acceptors (Lipinski definition) is 5. The Morgan fingerprint density at radius 3 is 3.06 bits per heavy atom. The lowest BCUT2D eigenvalue weighted by Crippen LogP contribution is -1.97. The maximum absolute atomic E-state index is 10.3. The number of thiazole rings is 1. The molecule has 0 radical (unpaired) electrons. The summed E-state index contributed by atoms with van der Waals surface area (Å²) in [6, 6.07) is 7.84. The quantitative estimate of drug-likeness (QED) is 0.676. The summed E-state index contributed by atoms with van der Waals surface area (Å²) in [5.41, 5.74) is 0.944. The molecule has 0 fully saturated rings. The molecule has 2 rings (SSSR count). The van der Waals surface area contributed by atoms with Crippen LogP contribution in [0.3, 0.4) is 0 Å². The number of hydrogen-bond donors (Lipinski definition) is 1. The van der Waals surface area contributed by atoms with Crippen molar-refractivity contribution in [1.29, 1.82) is 0 Å². The molecule has 1 heterocycles. The smallest absolute Gasteiger partial charge is 0.284 e. The molecule has 1 aromatic carbocycles. The Bertz CT molecular complexity index is 534. The highest BCUT2D eigenvalue weighted by molar-refractivity contribution is 8.04. The predicted molar refractivity (Wildman–Crippen MR) is 71.3 cm³/mol. The van der Waals surface area contributed by atoms with E-state index in [4.69, 9.17) is 4.55 Å². The van der Waals surface area contributed by atoms with Gasteiger partial charge in [-0.1, -0.05) is 30.5 Å². The molecule has 1 aromatic heterocycles. The Morgan fingerprint density at radius 1 is 1.59 bits per heavy atom. The lowest BCUT2D eigenvalue weighted by molar-refractivity contribution is 0.340. The van der Waals surface area contributed by atoms with Gasteiger partial charge in [-0.3, -0.25) is 8.74 Å². The van der Waals surface area contributed by atoms with Crippen LogP contribution < -0.4 is 0 Å². The first-order valence-corrected chi connectivity index (χ1v) is 7.27. The van der Waals surface area contributed by atoms with Crippen molar-refractivity contribution in [2.75, 3.05) is 6.61 Å². The van der Waals surface area contributed by atoms with Crippen LogP contribution in [-0.4, -0.2) is 20.4 Å². The van der Waals surface area contributed by atoms with Gasteiger partial charge in [0.15, 0.2) is 4.34 Å². The SMILES string of the molecule is C=C(COS(=O)O)Sc1nc2ccccc2s1. The van der Waals surface area contributed by atoms with Crippen molar-refractivity contribution in [3.05, 3.63) is 35.7 Å². The van der Waals surface area contributed by atoms with Gasteiger partial charge < -0.3 is 0 Å². The van der Waals surface area contributed by atoms with E-state index in [0.717, 1.165) is 14.6 Å². The molecule has 1 atom stereocenters. The van der Waals surface area contributed by atoms with E-state index in [9.17, 15) is 4.21 Å². The lowest BCUT2D eigenvalue weighted by atomic mass is 10.3. The van der Waals surface area contributed by atoms with E-state index in [1.807, 2.05) is 24.3 Å². The molecule has 0 aliphatic heterocycles. The second kappa shape index (κ2) is 5.74. The zero-order valence-electron chi connectivity index (χ0n) is 8.66. The average molecular weight is 287 g/mol. The minimum absolute atomic E-state index is 0.0315. The molecule has 90 valence electrons. The highest BCUT2D eigenvalue weighted by Gasteiger charge is 2.06. The number of benzene rings is 1. The van der Waals surface area contributed by atoms with Crippen LogP contribution in [0.15, 0.2) is 40.1 Å². The minimum Gasteiger partial charge on any atom is -0.284 e. The van der Waals surface area contributed by atoms with Crippen LogP contribution in [0.4, 0.5) is 0 Å². The summed E-state index contributed by atoms with van der Waals surface area (Å²) in [5, 5.41) is 0. The molecule has 0 amide bonds. The molecule has 0 spiro atoms. The summed E-state index contributed by atoms with van der Waals surface area (Å²) in [6.45, 7) is 3.78. The van der Waals surface area contributed by atoms with Crippen molar-refractivity contribution < 1.29 is 12.9 Å². The third kappa shape index (κ3) is 3.62. The zero-order chi connectivity index (χ0) is 12.3. The topological polar surface area (TPSA) is 59.4 Å². The fraction of sp³-hybridized carbons (Fsp3) is 0.100. The predicted octanol–water partition coefficient (Wildman–Crippen LogP) is 3.06. The second-order valence-corrected chi connectivity index (χ2v) is 6.19. The van der Waals surface area contributed by atoms with Crippen LogP contribution in [0.25, 0.3) is 10.2 Å². The minimum atomic E-state index is -2.25. The van der Waals surface area contributed by atoms with Crippen LogP contribution in [0.1, 0.15) is 0 Å². The van der Waals surface area contributed by atoms with Gasteiger partial charge in [0.05, 0.1) is 16.8 Å². The molecule has 0 saturated heterocycles. The lowest BCUT2D eigenvalue weighted by Gasteiger charge is -2.00. The van der Waals surface area contributed by atoms with E-state index >= 15 is 0 Å². The maximum atomic E-state index is 10.3. The number of fused-ring (bicyclic) bond motifs is 1. The van der Waals surface area contributed by atoms with E-state index in [-0.39, 0.29) is 6.61 Å². The number of para-hydroxylation sites is 1. The molecule has 7 heteroatoms. The Balaban J connectivity index is 2.03. The molecule has 1 N–H and O–H groups in total. The van der Waals surface area contributed by atoms with E-state index in [1.165, 1.54) is 11.8 Å². The highest BCUT2D eigenvalue weighted by Crippen LogP contribution is 2.33. The van der Waals surface area contributed by atoms with Gasteiger partial charge >= 0.3 is 11.4 Å². The molecule has 1 unspecified atom stereocenters. The summed E-state index contributed by atoms with van der Waals surface area (Å²) in [5.74, 6) is 0. The number of aromatic nitrogens is 1. The normalized spacial score (nSPS) is 12.8. The molecule has 4 nitrogen and oxygen atoms in total. The summed E-state index contributed by atoms with van der Waals surface area (Å²) in [4.78, 5) is 5.05. The van der Waals surface area contributed by atoms with Gasteiger partial charge in [0.1, 0.15) is 0 Å². The Labute approximate surface area is 109 Å². The molecule has 0 bridgehead atoms. The first-order valence-electron chi connectivity index (χ1n) is 4.60. The molecular weight excluding hydrogens is 278 g/mol. The van der Waals surface area contributed by atoms with Crippen molar-refractivity contribution in [3.63, 3.8) is 0 Å². The second-order valence-electron chi connectivity index (χ2n) is 3.07. The van der Waals surface area contributed by atoms with Crippen molar-refractivity contribution in [2.45, 2.75) is 4.34 Å². The fourth-order valence-corrected chi connectivity index (χ4v) is 3.48. The molecule has 2 aromatic rings. The third-order valence-electron chi connectivity index (χ3n) is 1.83. The summed E-state index contributed by atoms with van der Waals surface area (Å²) in [7, 11) is 0. The number of rotatable bonds is 5. The third-order valence-corrected chi connectivity index (χ3v) is 4.15. The van der Waals surface area contributed by atoms with Crippen LogP contribution in [0.2, 0.25) is 0 Å². The van der Waals surface area contributed by atoms with Gasteiger partial charge in [-0.15, -0.1) is 11.3 Å². The Hall–Kier alpha value is -0.730. The first kappa shape index (κ1) is 12.7. The molecule has 0 saturated carbocycles. The number of nitrogens with zero attached hydrogens (tertiary/aromatic N) is 1. The van der Waals surface area contributed by atoms with Crippen LogP contribution in [0.5, 0.6) is 0 Å². The van der Waals surface area contributed by atoms with E-state index < -0.39 is 11.4 Å². The molecular formula is C10H9NO3S3. The van der Waals surface area contributed by atoms with Gasteiger partial charge in [-0.05, 0) is 12.1 Å². The summed E-state index contributed by atoms with van der Waals surface area (Å²) >= 11 is 0.661. The van der Waals surface area contributed by atoms with Crippen LogP contribution >= 0.6 is 23.1 Å². The van der Waals surface area contributed by atoms with Gasteiger partial charge in [-0.25, -0.2) is 4.98 Å². The van der Waals surface area contributed by atoms with Gasteiger partial charge in [0, 0.05) is 4.91 Å². The molecule has 0 aliphatic rings.